The summed E-state index contributed by atoms with van der Waals surface area (Å²) in [4.78, 5) is 24.2. The van der Waals surface area contributed by atoms with Gasteiger partial charge in [-0.1, -0.05) is 19.3 Å². The Hall–Kier alpha value is -2.04. The molecule has 3 rings (SSSR count). The molecule has 118 valence electrons. The van der Waals surface area contributed by atoms with E-state index in [0.717, 1.165) is 49.9 Å². The summed E-state index contributed by atoms with van der Waals surface area (Å²) in [6.45, 7) is 0.959. The lowest BCUT2D eigenvalue weighted by Crippen LogP contribution is -2.55. The molecule has 0 atom stereocenters. The zero-order chi connectivity index (χ0) is 15.6. The van der Waals surface area contributed by atoms with Gasteiger partial charge in [-0.3, -0.25) is 4.79 Å². The van der Waals surface area contributed by atoms with Gasteiger partial charge in [-0.15, -0.1) is 0 Å². The topological polar surface area (TPSA) is 78.4 Å². The molecule has 2 aliphatic rings. The number of carboxylic acids is 1. The highest BCUT2D eigenvalue weighted by atomic mass is 16.4. The van der Waals surface area contributed by atoms with Crippen LogP contribution in [-0.2, 0) is 11.2 Å². The van der Waals surface area contributed by atoms with Crippen LogP contribution in [0.5, 0.6) is 0 Å². The fourth-order valence-electron chi connectivity index (χ4n) is 3.45. The monoisotopic (exact) mass is 302 g/mol. The van der Waals surface area contributed by atoms with Crippen LogP contribution in [0.2, 0.25) is 0 Å². The smallest absolute Gasteiger partial charge is 0.329 e. The van der Waals surface area contributed by atoms with Crippen LogP contribution in [0, 0.1) is 0 Å². The number of hydrogen-bond donors (Lipinski definition) is 3. The third-order valence-corrected chi connectivity index (χ3v) is 4.78. The Morgan fingerprint density at radius 2 is 1.91 bits per heavy atom. The first kappa shape index (κ1) is 14.9. The molecule has 3 N–H and O–H groups in total. The molecular formula is C17H22N2O3. The van der Waals surface area contributed by atoms with E-state index in [1.54, 1.807) is 6.07 Å². The molecule has 0 bridgehead atoms. The maximum Gasteiger partial charge on any atom is 0.329 e. The molecule has 1 aromatic rings. The Kier molecular flexibility index (Phi) is 4.05. The van der Waals surface area contributed by atoms with Gasteiger partial charge in [0.1, 0.15) is 5.54 Å². The predicted molar refractivity (Wildman–Crippen MR) is 84.2 cm³/mol. The predicted octanol–water partition coefficient (Wildman–Crippen LogP) is 2.56. The largest absolute Gasteiger partial charge is 0.480 e. The van der Waals surface area contributed by atoms with E-state index >= 15 is 0 Å². The van der Waals surface area contributed by atoms with Crippen LogP contribution in [0.3, 0.4) is 0 Å². The second kappa shape index (κ2) is 5.99. The molecule has 1 saturated carbocycles. The van der Waals surface area contributed by atoms with E-state index in [9.17, 15) is 14.7 Å². The van der Waals surface area contributed by atoms with Crippen molar-refractivity contribution >= 4 is 17.6 Å². The van der Waals surface area contributed by atoms with E-state index in [2.05, 4.69) is 10.6 Å². The summed E-state index contributed by atoms with van der Waals surface area (Å²) < 4.78 is 0. The molecule has 5 nitrogen and oxygen atoms in total. The van der Waals surface area contributed by atoms with E-state index in [4.69, 9.17) is 0 Å². The van der Waals surface area contributed by atoms with Crippen molar-refractivity contribution in [1.29, 1.82) is 0 Å². The van der Waals surface area contributed by atoms with E-state index in [1.807, 2.05) is 12.1 Å². The lowest BCUT2D eigenvalue weighted by molar-refractivity contribution is -0.145. The number of carboxylic acid groups (broad SMARTS) is 1. The number of aliphatic carboxylic acids is 1. The Bertz CT molecular complexity index is 592. The fraction of sp³-hybridized carbons (Fsp3) is 0.529. The lowest BCUT2D eigenvalue weighted by Gasteiger charge is -2.34. The number of nitrogens with one attached hydrogen (secondary N) is 2. The van der Waals surface area contributed by atoms with Crippen molar-refractivity contribution in [3.8, 4) is 0 Å². The zero-order valence-electron chi connectivity index (χ0n) is 12.7. The van der Waals surface area contributed by atoms with Gasteiger partial charge in [0.05, 0.1) is 0 Å². The molecule has 0 spiro atoms. The summed E-state index contributed by atoms with van der Waals surface area (Å²) in [6.07, 6.45) is 5.77. The van der Waals surface area contributed by atoms with Gasteiger partial charge in [-0.2, -0.15) is 0 Å². The molecule has 0 saturated heterocycles. The third kappa shape index (κ3) is 2.80. The van der Waals surface area contributed by atoms with Gasteiger partial charge in [0, 0.05) is 17.8 Å². The molecule has 1 aromatic carbocycles. The number of amides is 1. The first-order valence-corrected chi connectivity index (χ1v) is 8.03. The maximum atomic E-state index is 12.5. The Morgan fingerprint density at radius 1 is 1.14 bits per heavy atom. The summed E-state index contributed by atoms with van der Waals surface area (Å²) in [5.41, 5.74) is 1.66. The molecule has 1 heterocycles. The molecule has 1 fully saturated rings. The highest BCUT2D eigenvalue weighted by molar-refractivity contribution is 5.98. The minimum absolute atomic E-state index is 0.280. The number of benzene rings is 1. The van der Waals surface area contributed by atoms with Crippen LogP contribution in [0.1, 0.15) is 54.4 Å². The number of carbonyl (C=O) groups excluding carboxylic acids is 1. The van der Waals surface area contributed by atoms with Gasteiger partial charge in [-0.25, -0.2) is 4.79 Å². The van der Waals surface area contributed by atoms with Crippen molar-refractivity contribution < 1.29 is 14.7 Å². The van der Waals surface area contributed by atoms with E-state index in [0.29, 0.717) is 18.4 Å². The maximum absolute atomic E-state index is 12.5. The third-order valence-electron chi connectivity index (χ3n) is 4.78. The number of aryl methyl sites for hydroxylation is 1. The van der Waals surface area contributed by atoms with Crippen LogP contribution >= 0.6 is 0 Å². The fourth-order valence-corrected chi connectivity index (χ4v) is 3.45. The van der Waals surface area contributed by atoms with Crippen molar-refractivity contribution in [2.75, 3.05) is 11.9 Å². The number of hydrogen-bond acceptors (Lipinski definition) is 3. The number of carbonyl (C=O) groups is 2. The standard InChI is InChI=1S/C17H22N2O3/c20-15(19-17(16(21)22)8-2-1-3-9-17)13-6-7-14-12(11-13)5-4-10-18-14/h6-7,11,18H,1-5,8-10H2,(H,19,20)(H,21,22). The first-order chi connectivity index (χ1) is 10.6. The molecule has 5 heteroatoms. The molecular weight excluding hydrogens is 280 g/mol. The van der Waals surface area contributed by atoms with Crippen LogP contribution in [-0.4, -0.2) is 29.1 Å². The van der Waals surface area contributed by atoms with Gasteiger partial charge < -0.3 is 15.7 Å². The molecule has 0 aromatic heterocycles. The average Bonchev–Trinajstić information content (AvgIpc) is 2.55. The van der Waals surface area contributed by atoms with Gasteiger partial charge in [0.2, 0.25) is 0 Å². The van der Waals surface area contributed by atoms with E-state index in [1.165, 1.54) is 0 Å². The van der Waals surface area contributed by atoms with E-state index in [-0.39, 0.29) is 5.91 Å². The number of fused-ring (bicyclic) bond motifs is 1. The summed E-state index contributed by atoms with van der Waals surface area (Å²) >= 11 is 0. The average molecular weight is 302 g/mol. The highest BCUT2D eigenvalue weighted by Gasteiger charge is 2.41. The minimum Gasteiger partial charge on any atom is -0.480 e. The van der Waals surface area contributed by atoms with Crippen LogP contribution < -0.4 is 10.6 Å². The summed E-state index contributed by atoms with van der Waals surface area (Å²) in [5.74, 6) is -1.20. The van der Waals surface area contributed by atoms with Crippen molar-refractivity contribution in [3.63, 3.8) is 0 Å². The Labute approximate surface area is 130 Å². The molecule has 0 radical (unpaired) electrons. The van der Waals surface area contributed by atoms with Gasteiger partial charge in [0.15, 0.2) is 0 Å². The normalized spacial score (nSPS) is 19.6. The van der Waals surface area contributed by atoms with Gasteiger partial charge in [0.25, 0.3) is 5.91 Å². The van der Waals surface area contributed by atoms with E-state index < -0.39 is 11.5 Å². The highest BCUT2D eigenvalue weighted by Crippen LogP contribution is 2.29. The molecule has 0 unspecified atom stereocenters. The second-order valence-electron chi connectivity index (χ2n) is 6.30. The second-order valence-corrected chi connectivity index (χ2v) is 6.30. The quantitative estimate of drug-likeness (QED) is 0.802. The summed E-state index contributed by atoms with van der Waals surface area (Å²) in [6, 6.07) is 5.57. The van der Waals surface area contributed by atoms with Crippen LogP contribution in [0.25, 0.3) is 0 Å². The lowest BCUT2D eigenvalue weighted by atomic mass is 9.81. The van der Waals surface area contributed by atoms with Crippen molar-refractivity contribution in [2.45, 2.75) is 50.5 Å². The minimum atomic E-state index is -1.09. The molecule has 22 heavy (non-hydrogen) atoms. The zero-order valence-corrected chi connectivity index (χ0v) is 12.7. The molecule has 1 aliphatic carbocycles. The van der Waals surface area contributed by atoms with Gasteiger partial charge in [-0.05, 0) is 49.4 Å². The summed E-state index contributed by atoms with van der Waals surface area (Å²) in [5, 5.41) is 15.7. The van der Waals surface area contributed by atoms with Crippen molar-refractivity contribution in [3.05, 3.63) is 29.3 Å². The molecule has 1 amide bonds. The van der Waals surface area contributed by atoms with Crippen molar-refractivity contribution in [2.24, 2.45) is 0 Å². The van der Waals surface area contributed by atoms with Crippen LogP contribution in [0.15, 0.2) is 18.2 Å². The SMILES string of the molecule is O=C(NC1(C(=O)O)CCCCC1)c1ccc2c(c1)CCCN2. The number of rotatable bonds is 3. The number of anilines is 1. The van der Waals surface area contributed by atoms with Crippen molar-refractivity contribution in [1.82, 2.24) is 5.32 Å². The Balaban J connectivity index is 1.79. The molecule has 1 aliphatic heterocycles. The Morgan fingerprint density at radius 3 is 2.64 bits per heavy atom. The summed E-state index contributed by atoms with van der Waals surface area (Å²) in [7, 11) is 0. The first-order valence-electron chi connectivity index (χ1n) is 8.03. The van der Waals surface area contributed by atoms with Crippen LogP contribution in [0.4, 0.5) is 5.69 Å². The van der Waals surface area contributed by atoms with Gasteiger partial charge >= 0.3 is 5.97 Å².